The second-order valence-corrected chi connectivity index (χ2v) is 10.6. The van der Waals surface area contributed by atoms with E-state index in [1.807, 2.05) is 25.7 Å². The Morgan fingerprint density at radius 3 is 2.47 bits per heavy atom. The van der Waals surface area contributed by atoms with Crippen LogP contribution in [0.2, 0.25) is 0 Å². The van der Waals surface area contributed by atoms with Crippen molar-refractivity contribution in [1.82, 2.24) is 19.7 Å². The van der Waals surface area contributed by atoms with Gasteiger partial charge in [-0.1, -0.05) is 36.8 Å². The van der Waals surface area contributed by atoms with E-state index in [4.69, 9.17) is 14.8 Å². The highest BCUT2D eigenvalue weighted by Crippen LogP contribution is 2.39. The average molecular weight is 438 g/mol. The molecule has 5 rings (SSSR count). The highest BCUT2D eigenvalue weighted by molar-refractivity contribution is 5.68. The lowest BCUT2D eigenvalue weighted by Crippen LogP contribution is -2.51. The van der Waals surface area contributed by atoms with Crippen molar-refractivity contribution in [3.05, 3.63) is 41.7 Å². The van der Waals surface area contributed by atoms with Gasteiger partial charge in [-0.3, -0.25) is 0 Å². The number of benzene rings is 1. The lowest BCUT2D eigenvalue weighted by atomic mass is 9.92. The molecule has 2 aliphatic heterocycles. The second-order valence-electron chi connectivity index (χ2n) is 10.6. The molecule has 1 N–H and O–H groups in total. The highest BCUT2D eigenvalue weighted by atomic mass is 16.6. The second kappa shape index (κ2) is 8.41. The molecular formula is C25H35N5O2. The lowest BCUT2D eigenvalue weighted by molar-refractivity contribution is 0.0141. The minimum atomic E-state index is -0.460. The summed E-state index contributed by atoms with van der Waals surface area (Å²) in [7, 11) is 0. The summed E-state index contributed by atoms with van der Waals surface area (Å²) in [6.45, 7) is 8.17. The smallest absolute Gasteiger partial charge is 0.410 e. The summed E-state index contributed by atoms with van der Waals surface area (Å²) < 4.78 is 7.73. The van der Waals surface area contributed by atoms with Crippen LogP contribution < -0.4 is 5.32 Å². The van der Waals surface area contributed by atoms with Crippen LogP contribution in [0.3, 0.4) is 0 Å². The molecule has 3 heterocycles. The number of aromatic nitrogens is 3. The summed E-state index contributed by atoms with van der Waals surface area (Å²) in [5.41, 5.74) is 0.860. The first-order valence-corrected chi connectivity index (χ1v) is 12.1. The van der Waals surface area contributed by atoms with Crippen molar-refractivity contribution in [2.45, 2.75) is 77.0 Å². The molecular weight excluding hydrogens is 402 g/mol. The maximum absolute atomic E-state index is 12.6. The van der Waals surface area contributed by atoms with E-state index in [2.05, 4.69) is 40.3 Å². The number of carbonyl (C=O) groups is 1. The van der Waals surface area contributed by atoms with Gasteiger partial charge in [0.05, 0.1) is 0 Å². The fourth-order valence-electron chi connectivity index (χ4n) is 5.66. The minimum absolute atomic E-state index is 0.189. The van der Waals surface area contributed by atoms with Crippen molar-refractivity contribution in [2.24, 2.45) is 11.8 Å². The molecule has 2 aromatic rings. The Morgan fingerprint density at radius 2 is 1.78 bits per heavy atom. The number of likely N-dealkylation sites (tertiary alicyclic amines) is 1. The van der Waals surface area contributed by atoms with Gasteiger partial charge in [-0.15, -0.1) is 5.10 Å². The Labute approximate surface area is 190 Å². The van der Waals surface area contributed by atoms with E-state index in [9.17, 15) is 4.79 Å². The van der Waals surface area contributed by atoms with Crippen LogP contribution in [0.4, 0.5) is 10.7 Å². The first-order valence-electron chi connectivity index (χ1n) is 12.1. The van der Waals surface area contributed by atoms with Gasteiger partial charge in [0.1, 0.15) is 11.4 Å². The van der Waals surface area contributed by atoms with Crippen LogP contribution in [-0.4, -0.2) is 50.5 Å². The number of ether oxygens (including phenoxy) is 1. The Kier molecular flexibility index (Phi) is 5.59. The molecule has 1 saturated carbocycles. The van der Waals surface area contributed by atoms with Crippen molar-refractivity contribution >= 4 is 12.0 Å². The standard InChI is InChI=1S/C25H35N5O2/c1-25(2,3)32-24(31)29-15-18-12-13-19(16-29)21(18)26-23-27-22-20(17-9-5-4-6-10-17)11-7-8-14-30(22)28-23/h4-6,9-10,18-21H,7-8,11-16H2,1-3H3,(H,26,28)/t18-,19+,20?,21?. The summed E-state index contributed by atoms with van der Waals surface area (Å²) in [6, 6.07) is 11.0. The first-order chi connectivity index (χ1) is 15.4. The van der Waals surface area contributed by atoms with Gasteiger partial charge in [-0.2, -0.15) is 4.98 Å². The van der Waals surface area contributed by atoms with Gasteiger partial charge in [-0.25, -0.2) is 9.48 Å². The van der Waals surface area contributed by atoms with Gasteiger partial charge in [-0.05, 0) is 63.9 Å². The SMILES string of the molecule is CC(C)(C)OC(=O)N1C[C@H]2CC[C@@H](C1)C2Nc1nc2n(n1)CCCCC2c1ccccc1. The van der Waals surface area contributed by atoms with E-state index in [0.29, 0.717) is 23.8 Å². The third-order valence-corrected chi connectivity index (χ3v) is 7.11. The quantitative estimate of drug-likeness (QED) is 0.757. The zero-order chi connectivity index (χ0) is 22.3. The Bertz CT molecular complexity index is 937. The van der Waals surface area contributed by atoms with E-state index in [-0.39, 0.29) is 6.09 Å². The van der Waals surface area contributed by atoms with Gasteiger partial charge < -0.3 is 15.0 Å². The van der Waals surface area contributed by atoms with Crippen LogP contribution in [-0.2, 0) is 11.3 Å². The molecule has 2 bridgehead atoms. The predicted octanol–water partition coefficient (Wildman–Crippen LogP) is 4.65. The van der Waals surface area contributed by atoms with Crippen molar-refractivity contribution in [3.63, 3.8) is 0 Å². The van der Waals surface area contributed by atoms with Gasteiger partial charge >= 0.3 is 6.09 Å². The number of hydrogen-bond donors (Lipinski definition) is 1. The summed E-state index contributed by atoms with van der Waals surface area (Å²) >= 11 is 0. The number of rotatable bonds is 3. The van der Waals surface area contributed by atoms with Crippen molar-refractivity contribution in [2.75, 3.05) is 18.4 Å². The first kappa shape index (κ1) is 21.3. The molecule has 2 fully saturated rings. The number of carbonyl (C=O) groups excluding carboxylic acids is 1. The van der Waals surface area contributed by atoms with Crippen LogP contribution in [0.25, 0.3) is 0 Å². The van der Waals surface area contributed by atoms with Crippen molar-refractivity contribution in [1.29, 1.82) is 0 Å². The third-order valence-electron chi connectivity index (χ3n) is 7.11. The molecule has 32 heavy (non-hydrogen) atoms. The topological polar surface area (TPSA) is 72.3 Å². The molecule has 7 heteroatoms. The minimum Gasteiger partial charge on any atom is -0.444 e. The number of amides is 1. The Balaban J connectivity index is 1.30. The molecule has 1 saturated heterocycles. The van der Waals surface area contributed by atoms with Gasteiger partial charge in [0.2, 0.25) is 5.95 Å². The number of hydrogen-bond acceptors (Lipinski definition) is 5. The molecule has 1 aliphatic carbocycles. The number of nitrogens with one attached hydrogen (secondary N) is 1. The molecule has 1 aromatic carbocycles. The zero-order valence-electron chi connectivity index (χ0n) is 19.5. The Morgan fingerprint density at radius 1 is 1.06 bits per heavy atom. The number of aryl methyl sites for hydroxylation is 1. The predicted molar refractivity (Wildman–Crippen MR) is 124 cm³/mol. The van der Waals surface area contributed by atoms with Crippen molar-refractivity contribution < 1.29 is 9.53 Å². The summed E-state index contributed by atoms with van der Waals surface area (Å²) in [6.07, 6.45) is 5.51. The molecule has 0 spiro atoms. The maximum Gasteiger partial charge on any atom is 0.410 e. The zero-order valence-corrected chi connectivity index (χ0v) is 19.5. The molecule has 7 nitrogen and oxygen atoms in total. The molecule has 0 radical (unpaired) electrons. The van der Waals surface area contributed by atoms with Gasteiger partial charge in [0, 0.05) is 31.6 Å². The van der Waals surface area contributed by atoms with Crippen LogP contribution in [0, 0.1) is 11.8 Å². The van der Waals surface area contributed by atoms with E-state index in [1.165, 1.54) is 12.0 Å². The average Bonchev–Trinajstić information content (AvgIpc) is 3.15. The van der Waals surface area contributed by atoms with E-state index < -0.39 is 5.60 Å². The molecule has 172 valence electrons. The molecule has 1 aromatic heterocycles. The monoisotopic (exact) mass is 437 g/mol. The summed E-state index contributed by atoms with van der Waals surface area (Å²) in [5.74, 6) is 2.95. The van der Waals surface area contributed by atoms with E-state index in [1.54, 1.807) is 0 Å². The van der Waals surface area contributed by atoms with Crippen LogP contribution in [0.1, 0.15) is 70.2 Å². The summed E-state index contributed by atoms with van der Waals surface area (Å²) in [5, 5.41) is 8.55. The lowest BCUT2D eigenvalue weighted by Gasteiger charge is -2.38. The molecule has 1 amide bonds. The fraction of sp³-hybridized carbons (Fsp3) is 0.640. The van der Waals surface area contributed by atoms with Crippen LogP contribution in [0.5, 0.6) is 0 Å². The molecule has 3 aliphatic rings. The summed E-state index contributed by atoms with van der Waals surface area (Å²) in [4.78, 5) is 19.5. The maximum atomic E-state index is 12.6. The van der Waals surface area contributed by atoms with Crippen LogP contribution >= 0.6 is 0 Å². The van der Waals surface area contributed by atoms with Gasteiger partial charge in [0.15, 0.2) is 0 Å². The number of nitrogens with zero attached hydrogens (tertiary/aromatic N) is 4. The number of piperidine rings is 1. The Hall–Kier alpha value is -2.57. The number of anilines is 1. The van der Waals surface area contributed by atoms with E-state index >= 15 is 0 Å². The van der Waals surface area contributed by atoms with Crippen molar-refractivity contribution in [3.8, 4) is 0 Å². The van der Waals surface area contributed by atoms with E-state index in [0.717, 1.165) is 57.1 Å². The van der Waals surface area contributed by atoms with Crippen LogP contribution in [0.15, 0.2) is 30.3 Å². The fourth-order valence-corrected chi connectivity index (χ4v) is 5.66. The molecule has 4 atom stereocenters. The number of fused-ring (bicyclic) bond motifs is 3. The largest absolute Gasteiger partial charge is 0.444 e. The highest BCUT2D eigenvalue weighted by Gasteiger charge is 2.44. The van der Waals surface area contributed by atoms with Gasteiger partial charge in [0.25, 0.3) is 0 Å². The third kappa shape index (κ3) is 4.34. The molecule has 2 unspecified atom stereocenters. The normalized spacial score (nSPS) is 27.5.